The summed E-state index contributed by atoms with van der Waals surface area (Å²) >= 11 is 0. The summed E-state index contributed by atoms with van der Waals surface area (Å²) in [6, 6.07) is 3.02. The number of carbonyl (C=O) groups is 2. The number of nitrogens with zero attached hydrogens (tertiary/aromatic N) is 3. The molecule has 0 spiro atoms. The fraction of sp³-hybridized carbons (Fsp3) is 0.400. The minimum atomic E-state index is -1.20. The highest BCUT2D eigenvalue weighted by molar-refractivity contribution is 6.03. The third kappa shape index (κ3) is 2.33. The highest BCUT2D eigenvalue weighted by Gasteiger charge is 2.28. The van der Waals surface area contributed by atoms with Crippen LogP contribution in [0.15, 0.2) is 18.3 Å². The second kappa shape index (κ2) is 5.42. The summed E-state index contributed by atoms with van der Waals surface area (Å²) in [4.78, 5) is 29.3. The summed E-state index contributed by atoms with van der Waals surface area (Å²) in [5.41, 5.74) is -0.0602. The van der Waals surface area contributed by atoms with Gasteiger partial charge in [-0.15, -0.1) is 0 Å². The molecule has 1 aliphatic rings. The van der Waals surface area contributed by atoms with Crippen molar-refractivity contribution in [3.63, 3.8) is 0 Å². The van der Waals surface area contributed by atoms with E-state index >= 15 is 0 Å². The first-order valence-electron chi connectivity index (χ1n) is 7.15. The van der Waals surface area contributed by atoms with Crippen LogP contribution in [0.25, 0.3) is 5.52 Å². The van der Waals surface area contributed by atoms with Crippen LogP contribution in [-0.2, 0) is 0 Å². The minimum Gasteiger partial charge on any atom is -0.478 e. The van der Waals surface area contributed by atoms with Gasteiger partial charge >= 0.3 is 11.9 Å². The Morgan fingerprint density at radius 1 is 1.23 bits per heavy atom. The van der Waals surface area contributed by atoms with Gasteiger partial charge in [-0.3, -0.25) is 0 Å². The number of imidazole rings is 1. The molecule has 2 N–H and O–H groups in total. The number of aromatic carboxylic acids is 2. The molecule has 2 aromatic rings. The molecule has 3 rings (SSSR count). The van der Waals surface area contributed by atoms with Crippen LogP contribution in [0.5, 0.6) is 0 Å². The lowest BCUT2D eigenvalue weighted by Crippen LogP contribution is -2.30. The van der Waals surface area contributed by atoms with Gasteiger partial charge in [-0.2, -0.15) is 0 Å². The van der Waals surface area contributed by atoms with E-state index in [9.17, 15) is 19.8 Å². The molecule has 1 aliphatic heterocycles. The van der Waals surface area contributed by atoms with E-state index in [4.69, 9.17) is 0 Å². The summed E-state index contributed by atoms with van der Waals surface area (Å²) in [6.07, 6.45) is 3.45. The van der Waals surface area contributed by atoms with Crippen molar-refractivity contribution in [3.8, 4) is 0 Å². The molecule has 2 aromatic heterocycles. The predicted octanol–water partition coefficient (Wildman–Crippen LogP) is 1.54. The Hall–Kier alpha value is -2.41. The maximum atomic E-state index is 11.5. The van der Waals surface area contributed by atoms with Crippen LogP contribution in [0.4, 0.5) is 0 Å². The van der Waals surface area contributed by atoms with Crippen LogP contribution in [0.1, 0.15) is 45.4 Å². The van der Waals surface area contributed by atoms with Gasteiger partial charge in [-0.05, 0) is 45.1 Å². The molecule has 0 radical (unpaired) electrons. The number of carboxylic acid groups (broad SMARTS) is 2. The molecular formula is C15H17N3O4. The van der Waals surface area contributed by atoms with Gasteiger partial charge in [0.15, 0.2) is 5.69 Å². The number of hydrogen-bond acceptors (Lipinski definition) is 4. The van der Waals surface area contributed by atoms with E-state index in [0.717, 1.165) is 25.9 Å². The molecule has 0 aromatic carbocycles. The van der Waals surface area contributed by atoms with Crippen molar-refractivity contribution in [2.45, 2.75) is 18.8 Å². The average Bonchev–Trinajstić information content (AvgIpc) is 2.87. The predicted molar refractivity (Wildman–Crippen MR) is 78.6 cm³/mol. The van der Waals surface area contributed by atoms with Gasteiger partial charge in [-0.25, -0.2) is 14.6 Å². The normalized spacial score (nSPS) is 17.0. The van der Waals surface area contributed by atoms with E-state index < -0.39 is 11.9 Å². The molecular weight excluding hydrogens is 286 g/mol. The summed E-state index contributed by atoms with van der Waals surface area (Å²) in [5.74, 6) is -1.57. The van der Waals surface area contributed by atoms with Crippen molar-refractivity contribution in [1.29, 1.82) is 0 Å². The van der Waals surface area contributed by atoms with Crippen LogP contribution in [0.3, 0.4) is 0 Å². The first-order valence-corrected chi connectivity index (χ1v) is 7.15. The lowest BCUT2D eigenvalue weighted by Gasteiger charge is -2.28. The van der Waals surface area contributed by atoms with E-state index in [1.54, 1.807) is 16.7 Å². The van der Waals surface area contributed by atoms with Crippen molar-refractivity contribution in [3.05, 3.63) is 35.4 Å². The molecule has 0 bridgehead atoms. The lowest BCUT2D eigenvalue weighted by atomic mass is 9.96. The van der Waals surface area contributed by atoms with Crippen LogP contribution in [-0.4, -0.2) is 56.6 Å². The quantitative estimate of drug-likeness (QED) is 0.893. The Morgan fingerprint density at radius 3 is 2.50 bits per heavy atom. The molecule has 1 fully saturated rings. The fourth-order valence-corrected chi connectivity index (χ4v) is 3.04. The molecule has 116 valence electrons. The van der Waals surface area contributed by atoms with E-state index in [0.29, 0.717) is 5.82 Å². The topological polar surface area (TPSA) is 95.1 Å². The smallest absolute Gasteiger partial charge is 0.356 e. The molecule has 22 heavy (non-hydrogen) atoms. The van der Waals surface area contributed by atoms with Crippen LogP contribution < -0.4 is 0 Å². The number of likely N-dealkylation sites (tertiary alicyclic amines) is 1. The third-order valence-electron chi connectivity index (χ3n) is 4.21. The number of rotatable bonds is 3. The molecule has 1 saturated heterocycles. The number of piperidine rings is 1. The van der Waals surface area contributed by atoms with Gasteiger partial charge in [0.25, 0.3) is 0 Å². The molecule has 0 unspecified atom stereocenters. The number of pyridine rings is 1. The molecule has 0 atom stereocenters. The van der Waals surface area contributed by atoms with Gasteiger partial charge in [-0.1, -0.05) is 0 Å². The first-order chi connectivity index (χ1) is 10.5. The van der Waals surface area contributed by atoms with Crippen molar-refractivity contribution < 1.29 is 19.8 Å². The zero-order valence-corrected chi connectivity index (χ0v) is 12.2. The highest BCUT2D eigenvalue weighted by Crippen LogP contribution is 2.29. The third-order valence-corrected chi connectivity index (χ3v) is 4.21. The number of aromatic nitrogens is 2. The molecule has 7 nitrogen and oxygen atoms in total. The molecule has 0 saturated carbocycles. The maximum Gasteiger partial charge on any atom is 0.356 e. The number of fused-ring (bicyclic) bond motifs is 1. The van der Waals surface area contributed by atoms with Crippen LogP contribution in [0, 0.1) is 0 Å². The van der Waals surface area contributed by atoms with Crippen molar-refractivity contribution >= 4 is 17.5 Å². The Balaban J connectivity index is 2.18. The maximum absolute atomic E-state index is 11.5. The van der Waals surface area contributed by atoms with Gasteiger partial charge in [0.2, 0.25) is 0 Å². The van der Waals surface area contributed by atoms with E-state index in [1.165, 1.54) is 6.07 Å². The summed E-state index contributed by atoms with van der Waals surface area (Å²) in [5, 5.41) is 18.7. The Morgan fingerprint density at radius 2 is 1.91 bits per heavy atom. The fourth-order valence-electron chi connectivity index (χ4n) is 3.04. The van der Waals surface area contributed by atoms with Crippen molar-refractivity contribution in [1.82, 2.24) is 14.3 Å². The Bertz CT molecular complexity index is 745. The number of hydrogen-bond donors (Lipinski definition) is 2. The zero-order chi connectivity index (χ0) is 15.9. The van der Waals surface area contributed by atoms with Crippen LogP contribution >= 0.6 is 0 Å². The lowest BCUT2D eigenvalue weighted by molar-refractivity contribution is 0.0691. The average molecular weight is 303 g/mol. The highest BCUT2D eigenvalue weighted by atomic mass is 16.4. The standard InChI is InChI=1S/C15H17N3O4/c1-17-7-4-9(5-8-17)13-16-11(15(21)22)12-10(14(19)20)3-2-6-18(12)13/h2-3,6,9H,4-5,7-8H2,1H3,(H,19,20)(H,21,22). The van der Waals surface area contributed by atoms with E-state index in [2.05, 4.69) is 9.88 Å². The minimum absolute atomic E-state index is 0.0356. The van der Waals surface area contributed by atoms with Crippen molar-refractivity contribution in [2.24, 2.45) is 0 Å². The largest absolute Gasteiger partial charge is 0.478 e. The van der Waals surface area contributed by atoms with Gasteiger partial charge < -0.3 is 19.5 Å². The zero-order valence-electron chi connectivity index (χ0n) is 12.2. The first kappa shape index (κ1) is 14.5. The summed E-state index contributed by atoms with van der Waals surface area (Å²) in [6.45, 7) is 1.83. The Labute approximate surface area is 126 Å². The molecule has 7 heteroatoms. The molecule has 0 aliphatic carbocycles. The van der Waals surface area contributed by atoms with E-state index in [1.807, 2.05) is 7.05 Å². The van der Waals surface area contributed by atoms with Gasteiger partial charge in [0.05, 0.1) is 11.1 Å². The summed E-state index contributed by atoms with van der Waals surface area (Å²) in [7, 11) is 2.05. The number of carboxylic acids is 2. The van der Waals surface area contributed by atoms with Crippen LogP contribution in [0.2, 0.25) is 0 Å². The Kier molecular flexibility index (Phi) is 3.58. The molecule has 0 amide bonds. The van der Waals surface area contributed by atoms with Crippen molar-refractivity contribution in [2.75, 3.05) is 20.1 Å². The van der Waals surface area contributed by atoms with Gasteiger partial charge in [0.1, 0.15) is 5.82 Å². The SMILES string of the molecule is CN1CCC(c2nc(C(=O)O)c3c(C(=O)O)cccn23)CC1. The van der Waals surface area contributed by atoms with Gasteiger partial charge in [0, 0.05) is 12.1 Å². The second-order valence-corrected chi connectivity index (χ2v) is 5.65. The molecule has 3 heterocycles. The second-order valence-electron chi connectivity index (χ2n) is 5.65. The summed E-state index contributed by atoms with van der Waals surface area (Å²) < 4.78 is 1.63. The van der Waals surface area contributed by atoms with E-state index in [-0.39, 0.29) is 22.7 Å². The monoisotopic (exact) mass is 303 g/mol.